The van der Waals surface area contributed by atoms with Crippen LogP contribution in [0.15, 0.2) is 215 Å². The molecule has 14 rings (SSSR count). The van der Waals surface area contributed by atoms with Crippen LogP contribution in [0.2, 0.25) is 0 Å². The maximum atomic E-state index is 6.74. The van der Waals surface area contributed by atoms with E-state index in [1.807, 2.05) is 12.1 Å². The van der Waals surface area contributed by atoms with Gasteiger partial charge in [0.1, 0.15) is 22.3 Å². The second-order valence-corrected chi connectivity index (χ2v) is 16.6. The van der Waals surface area contributed by atoms with Gasteiger partial charge in [0.15, 0.2) is 0 Å². The van der Waals surface area contributed by atoms with Crippen LogP contribution in [0, 0.1) is 0 Å². The molecule has 0 spiro atoms. The van der Waals surface area contributed by atoms with Gasteiger partial charge in [0, 0.05) is 32.7 Å². The summed E-state index contributed by atoms with van der Waals surface area (Å²) in [6.45, 7) is 0. The lowest BCUT2D eigenvalue weighted by atomic mass is 9.76. The summed E-state index contributed by atoms with van der Waals surface area (Å²) in [4.78, 5) is 0. The highest BCUT2D eigenvalue weighted by molar-refractivity contribution is 6.27. The predicted molar refractivity (Wildman–Crippen MR) is 260 cm³/mol. The summed E-state index contributed by atoms with van der Waals surface area (Å²) >= 11 is 0. The van der Waals surface area contributed by atoms with Crippen LogP contribution in [-0.4, -0.2) is 0 Å². The number of fused-ring (bicyclic) bond motifs is 20. The normalized spacial score (nSPS) is 12.2. The van der Waals surface area contributed by atoms with Gasteiger partial charge in [0.2, 0.25) is 0 Å². The lowest BCUT2D eigenvalue weighted by Crippen LogP contribution is -2.00. The van der Waals surface area contributed by atoms with Gasteiger partial charge in [0.25, 0.3) is 0 Å². The Hall–Kier alpha value is -8.20. The van der Waals surface area contributed by atoms with Gasteiger partial charge in [-0.2, -0.15) is 0 Å². The molecular weight excluding hydrogens is 753 g/mol. The zero-order valence-electron chi connectivity index (χ0n) is 33.4. The molecule has 2 aromatic heterocycles. The third-order valence-electron chi connectivity index (χ3n) is 13.4. The first kappa shape index (κ1) is 33.6. The Morgan fingerprint density at radius 3 is 1.23 bits per heavy atom. The summed E-state index contributed by atoms with van der Waals surface area (Å²) < 4.78 is 13.4. The minimum absolute atomic E-state index is 0.895. The van der Waals surface area contributed by atoms with E-state index < -0.39 is 0 Å². The zero-order chi connectivity index (χ0) is 40.5. The van der Waals surface area contributed by atoms with E-state index in [2.05, 4.69) is 194 Å². The van der Waals surface area contributed by atoms with Crippen molar-refractivity contribution in [3.63, 3.8) is 0 Å². The SMILES string of the molecule is c1ccc2c(c1)-c1cc3c4ccccc4c4ccccc4c3cc1-c1cc(-c3cccc4c3oc3ccccc34)ccc1-c1cccc(-c3cccc4c3oc3ccccc34)c1-2. The molecule has 1 aliphatic carbocycles. The summed E-state index contributed by atoms with van der Waals surface area (Å²) in [5.74, 6) is 0. The third-order valence-corrected chi connectivity index (χ3v) is 13.4. The van der Waals surface area contributed by atoms with Crippen molar-refractivity contribution < 1.29 is 8.83 Å². The second kappa shape index (κ2) is 12.7. The van der Waals surface area contributed by atoms with E-state index in [9.17, 15) is 0 Å². The van der Waals surface area contributed by atoms with E-state index in [-0.39, 0.29) is 0 Å². The van der Waals surface area contributed by atoms with Gasteiger partial charge in [-0.15, -0.1) is 0 Å². The first-order valence-electron chi connectivity index (χ1n) is 21.3. The van der Waals surface area contributed by atoms with Gasteiger partial charge in [-0.05, 0) is 118 Å². The molecular formula is C60H34O2. The molecule has 0 amide bonds. The van der Waals surface area contributed by atoms with Gasteiger partial charge in [-0.25, -0.2) is 0 Å². The van der Waals surface area contributed by atoms with Crippen molar-refractivity contribution >= 4 is 76.2 Å². The summed E-state index contributed by atoms with van der Waals surface area (Å²) in [7, 11) is 0. The fourth-order valence-electron chi connectivity index (χ4n) is 10.7. The lowest BCUT2D eigenvalue weighted by molar-refractivity contribution is 0.669. The molecule has 0 fully saturated rings. The average Bonchev–Trinajstić information content (AvgIpc) is 3.92. The Morgan fingerprint density at radius 2 is 0.597 bits per heavy atom. The number of benzene rings is 11. The van der Waals surface area contributed by atoms with E-state index >= 15 is 0 Å². The maximum absolute atomic E-state index is 6.74. The monoisotopic (exact) mass is 786 g/mol. The molecule has 0 bridgehead atoms. The number of para-hydroxylation sites is 4. The van der Waals surface area contributed by atoms with E-state index in [0.29, 0.717) is 0 Å². The summed E-state index contributed by atoms with van der Waals surface area (Å²) in [5, 5.41) is 12.0. The summed E-state index contributed by atoms with van der Waals surface area (Å²) in [6, 6.07) is 75.4. The number of hydrogen-bond acceptors (Lipinski definition) is 2. The van der Waals surface area contributed by atoms with Gasteiger partial charge in [0.05, 0.1) is 0 Å². The molecule has 0 radical (unpaired) electrons. The molecule has 0 unspecified atom stereocenters. The average molecular weight is 787 g/mol. The molecule has 2 heteroatoms. The molecule has 62 heavy (non-hydrogen) atoms. The minimum atomic E-state index is 0.895. The van der Waals surface area contributed by atoms with Gasteiger partial charge in [-0.3, -0.25) is 0 Å². The molecule has 2 heterocycles. The van der Waals surface area contributed by atoms with E-state index in [1.54, 1.807) is 0 Å². The molecule has 11 aromatic carbocycles. The van der Waals surface area contributed by atoms with Crippen molar-refractivity contribution in [2.24, 2.45) is 0 Å². The van der Waals surface area contributed by atoms with Crippen molar-refractivity contribution in [1.29, 1.82) is 0 Å². The van der Waals surface area contributed by atoms with Crippen molar-refractivity contribution in [2.45, 2.75) is 0 Å². The summed E-state index contributed by atoms with van der Waals surface area (Å²) in [5.41, 5.74) is 17.5. The second-order valence-electron chi connectivity index (χ2n) is 16.6. The van der Waals surface area contributed by atoms with E-state index in [1.165, 1.54) is 76.8 Å². The minimum Gasteiger partial charge on any atom is -0.455 e. The Labute approximate surface area is 356 Å². The van der Waals surface area contributed by atoms with Gasteiger partial charge >= 0.3 is 0 Å². The summed E-state index contributed by atoms with van der Waals surface area (Å²) in [6.07, 6.45) is 0. The largest absolute Gasteiger partial charge is 0.455 e. The van der Waals surface area contributed by atoms with Crippen molar-refractivity contribution in [3.8, 4) is 66.8 Å². The maximum Gasteiger partial charge on any atom is 0.143 e. The quantitative estimate of drug-likeness (QED) is 0.163. The molecule has 0 N–H and O–H groups in total. The van der Waals surface area contributed by atoms with Crippen molar-refractivity contribution in [3.05, 3.63) is 206 Å². The first-order valence-corrected chi connectivity index (χ1v) is 21.3. The van der Waals surface area contributed by atoms with E-state index in [0.717, 1.165) is 66.1 Å². The first-order chi connectivity index (χ1) is 30.8. The standard InChI is InChI=1S/C60H34O2/c1-3-16-39-37(14-1)38-15-2-4-17-40(38)53-34-55-51-32-35(36-22-11-25-48-43-19-7-9-28-56(43)61-59(36)48)30-31-42(51)46-23-12-24-47(58(46)45-21-6-5-18-41(45)54(55)33-52(39)53)50-27-13-26-49-44-20-8-10-29-57(44)62-60(49)50/h1-34H. The fraction of sp³-hybridized carbons (Fsp3) is 0. The highest BCUT2D eigenvalue weighted by Gasteiger charge is 2.27. The van der Waals surface area contributed by atoms with Crippen LogP contribution < -0.4 is 0 Å². The fourth-order valence-corrected chi connectivity index (χ4v) is 10.7. The van der Waals surface area contributed by atoms with E-state index in [4.69, 9.17) is 8.83 Å². The Bertz CT molecular complexity index is 4050. The molecule has 0 atom stereocenters. The Morgan fingerprint density at radius 1 is 0.210 bits per heavy atom. The van der Waals surface area contributed by atoms with Crippen LogP contribution in [-0.2, 0) is 0 Å². The number of furan rings is 2. The van der Waals surface area contributed by atoms with Crippen LogP contribution in [0.5, 0.6) is 0 Å². The van der Waals surface area contributed by atoms with Crippen LogP contribution in [0.3, 0.4) is 0 Å². The molecule has 286 valence electrons. The molecule has 0 aliphatic heterocycles. The highest BCUT2D eigenvalue weighted by atomic mass is 16.3. The van der Waals surface area contributed by atoms with Crippen molar-refractivity contribution in [1.82, 2.24) is 0 Å². The van der Waals surface area contributed by atoms with Crippen molar-refractivity contribution in [2.75, 3.05) is 0 Å². The van der Waals surface area contributed by atoms with Gasteiger partial charge in [-0.1, -0.05) is 176 Å². The third kappa shape index (κ3) is 4.64. The molecule has 0 saturated carbocycles. The van der Waals surface area contributed by atoms with Crippen LogP contribution in [0.4, 0.5) is 0 Å². The number of hydrogen-bond donors (Lipinski definition) is 0. The Balaban J connectivity index is 1.13. The van der Waals surface area contributed by atoms with Crippen LogP contribution in [0.1, 0.15) is 0 Å². The van der Waals surface area contributed by atoms with Gasteiger partial charge < -0.3 is 8.83 Å². The molecule has 2 nitrogen and oxygen atoms in total. The Kier molecular flexibility index (Phi) is 6.86. The molecule has 13 aromatic rings. The van der Waals surface area contributed by atoms with Crippen LogP contribution >= 0.6 is 0 Å². The number of rotatable bonds is 2. The predicted octanol–water partition coefficient (Wildman–Crippen LogP) is 17.3. The highest BCUT2D eigenvalue weighted by Crippen LogP contribution is 2.54. The smallest absolute Gasteiger partial charge is 0.143 e. The molecule has 0 saturated heterocycles. The molecule has 1 aliphatic rings. The van der Waals surface area contributed by atoms with Crippen LogP contribution in [0.25, 0.3) is 143 Å². The topological polar surface area (TPSA) is 26.3 Å². The lowest BCUT2D eigenvalue weighted by Gasteiger charge is -2.26. The zero-order valence-corrected chi connectivity index (χ0v) is 33.4.